The Balaban J connectivity index is 3.17. The molecule has 0 atom stereocenters. The molecule has 0 amide bonds. The molecule has 0 radical (unpaired) electrons. The van der Waals surface area contributed by atoms with Gasteiger partial charge in [0.1, 0.15) is 0 Å². The fraction of sp³-hybridized carbons (Fsp3) is 0.200. The van der Waals surface area contributed by atoms with E-state index in [1.165, 1.54) is 12.4 Å². The van der Waals surface area contributed by atoms with Crippen molar-refractivity contribution in [3.05, 3.63) is 18.0 Å². The SMILES string of the molecule is CNc1cnc(=N)n(O)c1. The third kappa shape index (κ3) is 1.07. The van der Waals surface area contributed by atoms with Gasteiger partial charge in [-0.3, -0.25) is 5.41 Å². The van der Waals surface area contributed by atoms with Crippen molar-refractivity contribution >= 4 is 5.69 Å². The van der Waals surface area contributed by atoms with Crippen LogP contribution < -0.4 is 10.9 Å². The molecular weight excluding hydrogens is 132 g/mol. The standard InChI is InChI=1S/C5H8N4O/c1-7-4-2-8-5(6)9(10)3-4/h2-3,6-7,10H,1H3. The van der Waals surface area contributed by atoms with Gasteiger partial charge < -0.3 is 10.5 Å². The molecule has 5 nitrogen and oxygen atoms in total. The highest BCUT2D eigenvalue weighted by atomic mass is 16.5. The van der Waals surface area contributed by atoms with Gasteiger partial charge in [0.25, 0.3) is 5.62 Å². The molecule has 1 heterocycles. The van der Waals surface area contributed by atoms with Gasteiger partial charge in [0.05, 0.1) is 18.1 Å². The van der Waals surface area contributed by atoms with E-state index >= 15 is 0 Å². The number of rotatable bonds is 1. The number of hydrogen-bond donors (Lipinski definition) is 3. The van der Waals surface area contributed by atoms with E-state index in [-0.39, 0.29) is 5.62 Å². The minimum absolute atomic E-state index is 0.181. The summed E-state index contributed by atoms with van der Waals surface area (Å²) >= 11 is 0. The van der Waals surface area contributed by atoms with Crippen molar-refractivity contribution in [3.63, 3.8) is 0 Å². The fourth-order valence-corrected chi connectivity index (χ4v) is 0.545. The molecule has 0 fully saturated rings. The molecule has 1 rings (SSSR count). The van der Waals surface area contributed by atoms with Gasteiger partial charge in [-0.05, 0) is 0 Å². The van der Waals surface area contributed by atoms with E-state index in [2.05, 4.69) is 10.3 Å². The summed E-state index contributed by atoms with van der Waals surface area (Å²) in [6.45, 7) is 0. The predicted molar refractivity (Wildman–Crippen MR) is 34.8 cm³/mol. The van der Waals surface area contributed by atoms with Crippen molar-refractivity contribution in [3.8, 4) is 0 Å². The van der Waals surface area contributed by atoms with Crippen LogP contribution in [0.15, 0.2) is 12.4 Å². The van der Waals surface area contributed by atoms with Crippen molar-refractivity contribution in [2.45, 2.75) is 0 Å². The Bertz CT molecular complexity index is 279. The van der Waals surface area contributed by atoms with Gasteiger partial charge in [-0.25, -0.2) is 4.98 Å². The highest BCUT2D eigenvalue weighted by Crippen LogP contribution is 1.96. The number of nitrogens with one attached hydrogen (secondary N) is 2. The molecule has 0 aliphatic carbocycles. The topological polar surface area (TPSA) is 73.9 Å². The Hall–Kier alpha value is -1.52. The number of aromatic nitrogens is 2. The van der Waals surface area contributed by atoms with E-state index in [0.717, 1.165) is 0 Å². The van der Waals surface area contributed by atoms with Crippen LogP contribution in [-0.4, -0.2) is 22.0 Å². The lowest BCUT2D eigenvalue weighted by Gasteiger charge is -1.99. The summed E-state index contributed by atoms with van der Waals surface area (Å²) in [4.78, 5) is 3.57. The predicted octanol–water partition coefficient (Wildman–Crippen LogP) is -0.358. The molecule has 10 heavy (non-hydrogen) atoms. The highest BCUT2D eigenvalue weighted by molar-refractivity contribution is 5.35. The summed E-state index contributed by atoms with van der Waals surface area (Å²) in [5.74, 6) is 0. The fourth-order valence-electron chi connectivity index (χ4n) is 0.545. The first-order chi connectivity index (χ1) is 4.74. The summed E-state index contributed by atoms with van der Waals surface area (Å²) in [6.07, 6.45) is 2.84. The summed E-state index contributed by atoms with van der Waals surface area (Å²) < 4.78 is 0.645. The highest BCUT2D eigenvalue weighted by Gasteiger charge is 1.90. The van der Waals surface area contributed by atoms with Crippen LogP contribution in [0.3, 0.4) is 0 Å². The Morgan fingerprint density at radius 1 is 1.80 bits per heavy atom. The molecular formula is C5H8N4O. The van der Waals surface area contributed by atoms with Crippen LogP contribution in [0.25, 0.3) is 0 Å². The smallest absolute Gasteiger partial charge is 0.255 e. The van der Waals surface area contributed by atoms with E-state index in [0.29, 0.717) is 10.4 Å². The largest absolute Gasteiger partial charge is 0.425 e. The molecule has 0 aliphatic heterocycles. The van der Waals surface area contributed by atoms with Gasteiger partial charge in [0, 0.05) is 7.05 Å². The van der Waals surface area contributed by atoms with Crippen molar-refractivity contribution in [2.24, 2.45) is 0 Å². The summed E-state index contributed by atoms with van der Waals surface area (Å²) in [5.41, 5.74) is 0.484. The lowest BCUT2D eigenvalue weighted by atomic mass is 10.5. The van der Waals surface area contributed by atoms with E-state index in [4.69, 9.17) is 10.6 Å². The average Bonchev–Trinajstić information content (AvgIpc) is 1.95. The van der Waals surface area contributed by atoms with Crippen LogP contribution >= 0.6 is 0 Å². The Morgan fingerprint density at radius 2 is 2.50 bits per heavy atom. The normalized spacial score (nSPS) is 9.30. The van der Waals surface area contributed by atoms with Crippen LogP contribution in [-0.2, 0) is 0 Å². The second kappa shape index (κ2) is 2.38. The third-order valence-electron chi connectivity index (χ3n) is 1.09. The molecule has 1 aromatic rings. The maximum Gasteiger partial charge on any atom is 0.255 e. The van der Waals surface area contributed by atoms with E-state index < -0.39 is 0 Å². The summed E-state index contributed by atoms with van der Waals surface area (Å²) in [5, 5.41) is 18.6. The second-order valence-electron chi connectivity index (χ2n) is 1.76. The molecule has 3 N–H and O–H groups in total. The molecule has 0 bridgehead atoms. The first-order valence-electron chi connectivity index (χ1n) is 2.74. The van der Waals surface area contributed by atoms with E-state index in [1.54, 1.807) is 7.05 Å². The van der Waals surface area contributed by atoms with Crippen molar-refractivity contribution in [1.29, 1.82) is 5.41 Å². The van der Waals surface area contributed by atoms with E-state index in [1.807, 2.05) is 0 Å². The molecule has 0 aromatic carbocycles. The van der Waals surface area contributed by atoms with Gasteiger partial charge in [-0.15, -0.1) is 0 Å². The number of nitrogens with zero attached hydrogens (tertiary/aromatic N) is 2. The lowest BCUT2D eigenvalue weighted by molar-refractivity contribution is 0.165. The monoisotopic (exact) mass is 140 g/mol. The van der Waals surface area contributed by atoms with Crippen LogP contribution in [0.4, 0.5) is 5.69 Å². The molecule has 1 aromatic heterocycles. The van der Waals surface area contributed by atoms with Crippen molar-refractivity contribution in [1.82, 2.24) is 9.71 Å². The zero-order valence-electron chi connectivity index (χ0n) is 5.50. The first-order valence-corrected chi connectivity index (χ1v) is 2.74. The number of hydrogen-bond acceptors (Lipinski definition) is 4. The maximum absolute atomic E-state index is 8.86. The van der Waals surface area contributed by atoms with Gasteiger partial charge >= 0.3 is 0 Å². The molecule has 0 saturated carbocycles. The van der Waals surface area contributed by atoms with Crippen molar-refractivity contribution < 1.29 is 5.21 Å². The molecule has 0 saturated heterocycles. The molecule has 0 spiro atoms. The average molecular weight is 140 g/mol. The second-order valence-corrected chi connectivity index (χ2v) is 1.76. The summed E-state index contributed by atoms with van der Waals surface area (Å²) in [6, 6.07) is 0. The van der Waals surface area contributed by atoms with Gasteiger partial charge in [0.15, 0.2) is 0 Å². The van der Waals surface area contributed by atoms with E-state index in [9.17, 15) is 0 Å². The van der Waals surface area contributed by atoms with Crippen molar-refractivity contribution in [2.75, 3.05) is 12.4 Å². The Kier molecular flexibility index (Phi) is 1.57. The summed E-state index contributed by atoms with van der Waals surface area (Å²) in [7, 11) is 1.71. The third-order valence-corrected chi connectivity index (χ3v) is 1.09. The number of anilines is 1. The Labute approximate surface area is 57.4 Å². The van der Waals surface area contributed by atoms with Gasteiger partial charge in [-0.1, -0.05) is 0 Å². The maximum atomic E-state index is 8.86. The minimum atomic E-state index is -0.181. The first kappa shape index (κ1) is 6.60. The zero-order valence-corrected chi connectivity index (χ0v) is 5.50. The molecule has 54 valence electrons. The van der Waals surface area contributed by atoms with Crippen LogP contribution in [0.1, 0.15) is 0 Å². The van der Waals surface area contributed by atoms with Crippen LogP contribution in [0.5, 0.6) is 0 Å². The minimum Gasteiger partial charge on any atom is -0.425 e. The van der Waals surface area contributed by atoms with Gasteiger partial charge in [0.2, 0.25) is 0 Å². The van der Waals surface area contributed by atoms with Crippen LogP contribution in [0.2, 0.25) is 0 Å². The quantitative estimate of drug-likeness (QED) is 0.466. The van der Waals surface area contributed by atoms with Gasteiger partial charge in [-0.2, -0.15) is 4.73 Å². The van der Waals surface area contributed by atoms with Crippen LogP contribution in [0, 0.1) is 5.41 Å². The zero-order chi connectivity index (χ0) is 7.56. The lowest BCUT2D eigenvalue weighted by Crippen LogP contribution is -2.20. The molecule has 0 aliphatic rings. The molecule has 5 heteroatoms. The molecule has 0 unspecified atom stereocenters. The Morgan fingerprint density at radius 3 is 3.00 bits per heavy atom.